The monoisotopic (exact) mass is 619 g/mol. The van der Waals surface area contributed by atoms with Crippen LogP contribution in [0.25, 0.3) is 0 Å². The summed E-state index contributed by atoms with van der Waals surface area (Å²) in [6.07, 6.45) is 0.227. The second-order valence-electron chi connectivity index (χ2n) is 9.95. The molecule has 0 radical (unpaired) electrons. The van der Waals surface area contributed by atoms with Crippen LogP contribution in [-0.2, 0) is 32.6 Å². The summed E-state index contributed by atoms with van der Waals surface area (Å²) in [5, 5.41) is 3.07. The van der Waals surface area contributed by atoms with Crippen LogP contribution in [0.2, 0.25) is 5.02 Å². The van der Waals surface area contributed by atoms with E-state index in [4.69, 9.17) is 16.3 Å². The van der Waals surface area contributed by atoms with Crippen molar-refractivity contribution in [2.45, 2.75) is 30.8 Å². The lowest BCUT2D eigenvalue weighted by Crippen LogP contribution is -2.53. The van der Waals surface area contributed by atoms with Crippen LogP contribution in [0.5, 0.6) is 5.75 Å². The number of nitrogens with one attached hydrogen (secondary N) is 1. The van der Waals surface area contributed by atoms with Crippen molar-refractivity contribution in [3.63, 3.8) is 0 Å². The van der Waals surface area contributed by atoms with Crippen molar-refractivity contribution >= 4 is 39.1 Å². The van der Waals surface area contributed by atoms with E-state index < -0.39 is 28.5 Å². The molecule has 0 aliphatic carbocycles. The van der Waals surface area contributed by atoms with Gasteiger partial charge in [-0.15, -0.1) is 0 Å². The molecule has 43 heavy (non-hydrogen) atoms. The number of nitrogens with zero attached hydrogens (tertiary/aromatic N) is 2. The predicted octanol–water partition coefficient (Wildman–Crippen LogP) is 5.24. The van der Waals surface area contributed by atoms with Crippen molar-refractivity contribution in [2.24, 2.45) is 0 Å². The maximum Gasteiger partial charge on any atom is 0.264 e. The van der Waals surface area contributed by atoms with E-state index in [1.165, 1.54) is 36.2 Å². The highest BCUT2D eigenvalue weighted by molar-refractivity contribution is 7.92. The highest BCUT2D eigenvalue weighted by atomic mass is 35.5. The van der Waals surface area contributed by atoms with E-state index in [2.05, 4.69) is 5.32 Å². The lowest BCUT2D eigenvalue weighted by molar-refractivity contribution is -0.139. The van der Waals surface area contributed by atoms with Gasteiger partial charge in [-0.25, -0.2) is 8.42 Å². The van der Waals surface area contributed by atoms with E-state index in [0.29, 0.717) is 22.0 Å². The average Bonchev–Trinajstić information content (AvgIpc) is 3.02. The largest absolute Gasteiger partial charge is 0.497 e. The molecule has 1 unspecified atom stereocenters. The van der Waals surface area contributed by atoms with E-state index in [9.17, 15) is 18.0 Å². The summed E-state index contributed by atoms with van der Waals surface area (Å²) in [6.45, 7) is 1.28. The Hall–Kier alpha value is -4.34. The van der Waals surface area contributed by atoms with Crippen molar-refractivity contribution in [2.75, 3.05) is 25.0 Å². The molecule has 224 valence electrons. The molecule has 4 rings (SSSR count). The Morgan fingerprint density at radius 1 is 0.884 bits per heavy atom. The Morgan fingerprint density at radius 2 is 1.53 bits per heavy atom. The van der Waals surface area contributed by atoms with Crippen LogP contribution in [0.1, 0.15) is 16.7 Å². The highest BCUT2D eigenvalue weighted by Crippen LogP contribution is 2.28. The number of aryl methyl sites for hydroxylation is 1. The number of carbonyl (C=O) groups is 2. The standard InChI is InChI=1S/C33H34ClN3O5S/c1-24-10-7-8-15-30(24)37(43(40,41)29-18-16-27(34)17-19-29)23-32(38)36(22-26-13-9-14-28(20-26)42-3)31(33(39)35-2)21-25-11-5-4-6-12-25/h4-20,31H,21-23H2,1-3H3,(H,35,39). The van der Waals surface area contributed by atoms with E-state index in [-0.39, 0.29) is 23.8 Å². The van der Waals surface area contributed by atoms with Gasteiger partial charge >= 0.3 is 0 Å². The second kappa shape index (κ2) is 14.2. The van der Waals surface area contributed by atoms with Crippen molar-refractivity contribution in [1.29, 1.82) is 0 Å². The minimum absolute atomic E-state index is 0.0144. The zero-order valence-corrected chi connectivity index (χ0v) is 25.8. The molecule has 4 aromatic carbocycles. The number of anilines is 1. The van der Waals surface area contributed by atoms with Crippen LogP contribution in [0.15, 0.2) is 108 Å². The number of para-hydroxylation sites is 1. The van der Waals surface area contributed by atoms with Gasteiger partial charge in [0.1, 0.15) is 18.3 Å². The Bertz CT molecular complexity index is 1660. The number of halogens is 1. The number of carbonyl (C=O) groups excluding carboxylic acids is 2. The molecule has 0 bridgehead atoms. The topological polar surface area (TPSA) is 96.0 Å². The number of amides is 2. The molecule has 10 heteroatoms. The molecule has 1 atom stereocenters. The molecule has 0 aromatic heterocycles. The van der Waals surface area contributed by atoms with Gasteiger partial charge < -0.3 is 15.0 Å². The van der Waals surface area contributed by atoms with E-state index in [1.54, 1.807) is 56.5 Å². The normalized spacial score (nSPS) is 11.8. The summed E-state index contributed by atoms with van der Waals surface area (Å²) in [6, 6.07) is 28.4. The van der Waals surface area contributed by atoms with Gasteiger partial charge in [0, 0.05) is 25.0 Å². The molecule has 0 saturated heterocycles. The van der Waals surface area contributed by atoms with Crippen LogP contribution < -0.4 is 14.4 Å². The third-order valence-electron chi connectivity index (χ3n) is 7.07. The van der Waals surface area contributed by atoms with Crippen molar-refractivity contribution < 1.29 is 22.7 Å². The molecular formula is C33H34ClN3O5S. The molecule has 0 saturated carbocycles. The molecular weight excluding hydrogens is 586 g/mol. The minimum Gasteiger partial charge on any atom is -0.497 e. The molecule has 0 aliphatic heterocycles. The number of sulfonamides is 1. The van der Waals surface area contributed by atoms with E-state index in [1.807, 2.05) is 36.4 Å². The van der Waals surface area contributed by atoms with Crippen molar-refractivity contribution in [1.82, 2.24) is 10.2 Å². The Labute approximate surface area is 257 Å². The van der Waals surface area contributed by atoms with Gasteiger partial charge in [0.2, 0.25) is 11.8 Å². The van der Waals surface area contributed by atoms with Crippen LogP contribution in [0.3, 0.4) is 0 Å². The number of methoxy groups -OCH3 is 1. The van der Waals surface area contributed by atoms with Gasteiger partial charge in [-0.1, -0.05) is 72.3 Å². The van der Waals surface area contributed by atoms with Crippen molar-refractivity contribution in [3.8, 4) is 5.75 Å². The number of hydrogen-bond acceptors (Lipinski definition) is 5. The summed E-state index contributed by atoms with van der Waals surface area (Å²) in [5.41, 5.74) is 2.59. The van der Waals surface area contributed by atoms with Gasteiger partial charge in [0.25, 0.3) is 10.0 Å². The Morgan fingerprint density at radius 3 is 2.19 bits per heavy atom. The van der Waals surface area contributed by atoms with Crippen molar-refractivity contribution in [3.05, 3.63) is 125 Å². The summed E-state index contributed by atoms with van der Waals surface area (Å²) in [7, 11) is -1.15. The fourth-order valence-electron chi connectivity index (χ4n) is 4.78. The maximum absolute atomic E-state index is 14.4. The lowest BCUT2D eigenvalue weighted by atomic mass is 10.0. The SMILES string of the molecule is CNC(=O)C(Cc1ccccc1)N(Cc1cccc(OC)c1)C(=O)CN(c1ccccc1C)S(=O)(=O)c1ccc(Cl)cc1. The van der Waals surface area contributed by atoms with Gasteiger partial charge in [0.05, 0.1) is 17.7 Å². The van der Waals surface area contributed by atoms with Gasteiger partial charge in [0.15, 0.2) is 0 Å². The first kappa shape index (κ1) is 31.6. The van der Waals surface area contributed by atoms with Crippen LogP contribution in [0.4, 0.5) is 5.69 Å². The lowest BCUT2D eigenvalue weighted by Gasteiger charge is -2.34. The van der Waals surface area contributed by atoms with E-state index in [0.717, 1.165) is 15.4 Å². The number of benzene rings is 4. The number of ether oxygens (including phenoxy) is 1. The second-order valence-corrected chi connectivity index (χ2v) is 12.2. The van der Waals surface area contributed by atoms with Gasteiger partial charge in [-0.2, -0.15) is 0 Å². The smallest absolute Gasteiger partial charge is 0.264 e. The third kappa shape index (κ3) is 7.74. The fourth-order valence-corrected chi connectivity index (χ4v) is 6.38. The summed E-state index contributed by atoms with van der Waals surface area (Å²) in [4.78, 5) is 29.1. The molecule has 0 spiro atoms. The molecule has 8 nitrogen and oxygen atoms in total. The Balaban J connectivity index is 1.80. The van der Waals surface area contributed by atoms with Crippen LogP contribution in [-0.4, -0.2) is 51.9 Å². The third-order valence-corrected chi connectivity index (χ3v) is 9.10. The average molecular weight is 620 g/mol. The number of likely N-dealkylation sites (N-methyl/N-ethyl adjacent to an activating group) is 1. The zero-order valence-electron chi connectivity index (χ0n) is 24.2. The first-order valence-electron chi connectivity index (χ1n) is 13.7. The van der Waals surface area contributed by atoms with Gasteiger partial charge in [-0.3, -0.25) is 13.9 Å². The molecule has 0 aliphatic rings. The highest BCUT2D eigenvalue weighted by Gasteiger charge is 2.34. The number of rotatable bonds is 12. The molecule has 2 amide bonds. The molecule has 1 N–H and O–H groups in total. The first-order valence-corrected chi connectivity index (χ1v) is 15.5. The van der Waals surface area contributed by atoms with Gasteiger partial charge in [-0.05, 0) is 66.1 Å². The summed E-state index contributed by atoms with van der Waals surface area (Å²) in [5.74, 6) is -0.326. The first-order chi connectivity index (χ1) is 20.6. The minimum atomic E-state index is -4.21. The predicted molar refractivity (Wildman–Crippen MR) is 169 cm³/mol. The zero-order chi connectivity index (χ0) is 31.0. The maximum atomic E-state index is 14.4. The summed E-state index contributed by atoms with van der Waals surface area (Å²) >= 11 is 6.04. The fraction of sp³-hybridized carbons (Fsp3) is 0.212. The molecule has 0 heterocycles. The Kier molecular flexibility index (Phi) is 10.4. The molecule has 4 aromatic rings. The quantitative estimate of drug-likeness (QED) is 0.234. The van der Waals surface area contributed by atoms with Crippen LogP contribution in [0, 0.1) is 6.92 Å². The van der Waals surface area contributed by atoms with E-state index >= 15 is 0 Å². The molecule has 0 fully saturated rings. The van der Waals surface area contributed by atoms with Crippen LogP contribution >= 0.6 is 11.6 Å². The number of hydrogen-bond donors (Lipinski definition) is 1. The summed E-state index contributed by atoms with van der Waals surface area (Å²) < 4.78 is 34.6.